The van der Waals surface area contributed by atoms with E-state index in [0.29, 0.717) is 5.92 Å². The number of hydrogen-bond acceptors (Lipinski definition) is 3. The Balaban J connectivity index is 2.89. The molecule has 1 aromatic carbocycles. The maximum absolute atomic E-state index is 5.70. The molecule has 17 heavy (non-hydrogen) atoms. The Bertz CT molecular complexity index is 357. The van der Waals surface area contributed by atoms with E-state index in [1.807, 2.05) is 0 Å². The second-order valence-corrected chi connectivity index (χ2v) is 5.46. The fourth-order valence-electron chi connectivity index (χ4n) is 1.94. The molecule has 0 bridgehead atoms. The van der Waals surface area contributed by atoms with Crippen LogP contribution in [-0.2, 0) is 4.74 Å². The Kier molecular flexibility index (Phi) is 6.40. The number of rotatable bonds is 6. The molecule has 0 aliphatic carbocycles. The second kappa shape index (κ2) is 7.31. The van der Waals surface area contributed by atoms with Gasteiger partial charge in [-0.15, -0.1) is 0 Å². The minimum absolute atomic E-state index is 0.178. The van der Waals surface area contributed by atoms with Crippen molar-refractivity contribution in [1.82, 2.24) is 5.43 Å². The van der Waals surface area contributed by atoms with Crippen LogP contribution in [0.15, 0.2) is 18.2 Å². The van der Waals surface area contributed by atoms with Crippen molar-refractivity contribution in [3.05, 3.63) is 32.9 Å². The summed E-state index contributed by atoms with van der Waals surface area (Å²) in [5.74, 6) is 6.14. The first-order chi connectivity index (χ1) is 8.11. The maximum Gasteiger partial charge on any atom is 0.0496 e. The molecule has 0 amide bonds. The predicted octanol–water partition coefficient (Wildman–Crippen LogP) is 2.78. The van der Waals surface area contributed by atoms with Crippen LogP contribution in [0.25, 0.3) is 0 Å². The molecule has 3 N–H and O–H groups in total. The summed E-state index contributed by atoms with van der Waals surface area (Å²) >= 11 is 2.39. The van der Waals surface area contributed by atoms with E-state index in [1.54, 1.807) is 7.11 Å². The van der Waals surface area contributed by atoms with Gasteiger partial charge in [0.1, 0.15) is 0 Å². The third-order valence-corrected chi connectivity index (χ3v) is 4.56. The summed E-state index contributed by atoms with van der Waals surface area (Å²) in [4.78, 5) is 0. The van der Waals surface area contributed by atoms with Crippen molar-refractivity contribution in [2.24, 2.45) is 11.8 Å². The van der Waals surface area contributed by atoms with E-state index >= 15 is 0 Å². The zero-order valence-corrected chi connectivity index (χ0v) is 12.8. The molecule has 0 spiro atoms. The summed E-state index contributed by atoms with van der Waals surface area (Å²) in [5.41, 5.74) is 5.50. The summed E-state index contributed by atoms with van der Waals surface area (Å²) in [5, 5.41) is 0. The van der Waals surface area contributed by atoms with Crippen LogP contribution in [0.3, 0.4) is 0 Å². The summed E-state index contributed by atoms with van der Waals surface area (Å²) in [7, 11) is 1.73. The van der Waals surface area contributed by atoms with Gasteiger partial charge in [-0.05, 0) is 53.0 Å². The van der Waals surface area contributed by atoms with E-state index in [0.717, 1.165) is 13.0 Å². The minimum Gasteiger partial charge on any atom is -0.385 e. The van der Waals surface area contributed by atoms with Crippen LogP contribution in [0, 0.1) is 16.4 Å². The Hall–Kier alpha value is -0.170. The summed E-state index contributed by atoms with van der Waals surface area (Å²) in [6, 6.07) is 6.53. The number of nitrogens with two attached hydrogens (primary N) is 1. The molecule has 0 saturated carbocycles. The van der Waals surface area contributed by atoms with Gasteiger partial charge in [-0.25, -0.2) is 0 Å². The molecule has 0 radical (unpaired) electrons. The van der Waals surface area contributed by atoms with Crippen molar-refractivity contribution in [2.45, 2.75) is 26.3 Å². The predicted molar refractivity (Wildman–Crippen MR) is 79.6 cm³/mol. The van der Waals surface area contributed by atoms with Gasteiger partial charge in [0, 0.05) is 23.3 Å². The highest BCUT2D eigenvalue weighted by molar-refractivity contribution is 14.1. The van der Waals surface area contributed by atoms with Gasteiger partial charge >= 0.3 is 0 Å². The lowest BCUT2D eigenvalue weighted by Gasteiger charge is -2.25. The fourth-order valence-corrected chi connectivity index (χ4v) is 2.64. The molecule has 2 atom stereocenters. The minimum atomic E-state index is 0.178. The number of hydrazine groups is 1. The van der Waals surface area contributed by atoms with Crippen LogP contribution >= 0.6 is 22.6 Å². The molecule has 2 unspecified atom stereocenters. The molecular formula is C13H21IN2O. The van der Waals surface area contributed by atoms with Crippen molar-refractivity contribution in [2.75, 3.05) is 13.7 Å². The van der Waals surface area contributed by atoms with Gasteiger partial charge in [0.25, 0.3) is 0 Å². The lowest BCUT2D eigenvalue weighted by Crippen LogP contribution is -2.33. The third kappa shape index (κ3) is 3.91. The lowest BCUT2D eigenvalue weighted by molar-refractivity contribution is 0.170. The normalized spacial score (nSPS) is 14.6. The largest absolute Gasteiger partial charge is 0.385 e. The van der Waals surface area contributed by atoms with Gasteiger partial charge in [0.2, 0.25) is 0 Å². The van der Waals surface area contributed by atoms with Crippen molar-refractivity contribution in [1.29, 1.82) is 0 Å². The van der Waals surface area contributed by atoms with Crippen LogP contribution in [0.2, 0.25) is 0 Å². The molecule has 96 valence electrons. The Morgan fingerprint density at radius 1 is 1.47 bits per heavy atom. The average molecular weight is 348 g/mol. The summed E-state index contributed by atoms with van der Waals surface area (Å²) < 4.78 is 6.42. The highest BCUT2D eigenvalue weighted by Gasteiger charge is 2.20. The molecule has 0 saturated heterocycles. The highest BCUT2D eigenvalue weighted by atomic mass is 127. The quantitative estimate of drug-likeness (QED) is 0.472. The topological polar surface area (TPSA) is 47.3 Å². The van der Waals surface area contributed by atoms with Crippen LogP contribution in [0.5, 0.6) is 0 Å². The monoisotopic (exact) mass is 348 g/mol. The highest BCUT2D eigenvalue weighted by Crippen LogP contribution is 2.29. The van der Waals surface area contributed by atoms with E-state index in [4.69, 9.17) is 10.6 Å². The second-order valence-electron chi connectivity index (χ2n) is 4.38. The number of nitrogens with one attached hydrogen (secondary N) is 1. The van der Waals surface area contributed by atoms with Gasteiger partial charge in [-0.3, -0.25) is 11.3 Å². The Morgan fingerprint density at radius 3 is 2.76 bits per heavy atom. The lowest BCUT2D eigenvalue weighted by atomic mass is 9.92. The van der Waals surface area contributed by atoms with E-state index < -0.39 is 0 Å². The van der Waals surface area contributed by atoms with E-state index in [-0.39, 0.29) is 6.04 Å². The average Bonchev–Trinajstić information content (AvgIpc) is 2.32. The van der Waals surface area contributed by atoms with Crippen LogP contribution in [0.1, 0.15) is 30.5 Å². The molecule has 1 rings (SSSR count). The van der Waals surface area contributed by atoms with Gasteiger partial charge in [-0.2, -0.15) is 0 Å². The Morgan fingerprint density at radius 2 is 2.18 bits per heavy atom. The Labute approximate surface area is 117 Å². The smallest absolute Gasteiger partial charge is 0.0496 e. The number of ether oxygens (including phenoxy) is 1. The first kappa shape index (κ1) is 14.9. The molecule has 4 heteroatoms. The van der Waals surface area contributed by atoms with Crippen LogP contribution < -0.4 is 11.3 Å². The van der Waals surface area contributed by atoms with Crippen LogP contribution in [0.4, 0.5) is 0 Å². The summed E-state index contributed by atoms with van der Waals surface area (Å²) in [6.07, 6.45) is 0.995. The molecule has 3 nitrogen and oxygen atoms in total. The standard InChI is InChI=1S/C13H21IN2O/c1-9-5-4-6-11(12(9)14)13(16-15)10(2)7-8-17-3/h4-6,10,13,16H,7-8,15H2,1-3H3. The number of benzene rings is 1. The first-order valence-electron chi connectivity index (χ1n) is 5.81. The molecule has 0 heterocycles. The molecule has 1 aromatic rings. The fraction of sp³-hybridized carbons (Fsp3) is 0.538. The number of hydrogen-bond donors (Lipinski definition) is 2. The van der Waals surface area contributed by atoms with Gasteiger partial charge in [0.15, 0.2) is 0 Å². The van der Waals surface area contributed by atoms with E-state index in [9.17, 15) is 0 Å². The van der Waals surface area contributed by atoms with Gasteiger partial charge in [-0.1, -0.05) is 25.1 Å². The number of methoxy groups -OCH3 is 1. The van der Waals surface area contributed by atoms with Crippen molar-refractivity contribution >= 4 is 22.6 Å². The third-order valence-electron chi connectivity index (χ3n) is 3.08. The van der Waals surface area contributed by atoms with E-state index in [2.05, 4.69) is 60.1 Å². The zero-order chi connectivity index (χ0) is 12.8. The van der Waals surface area contributed by atoms with Crippen LogP contribution in [-0.4, -0.2) is 13.7 Å². The molecule has 0 aromatic heterocycles. The van der Waals surface area contributed by atoms with Gasteiger partial charge in [0.05, 0.1) is 0 Å². The van der Waals surface area contributed by atoms with Crippen molar-refractivity contribution in [3.63, 3.8) is 0 Å². The number of halogens is 1. The SMILES string of the molecule is COCCC(C)C(NN)c1cccc(C)c1I. The zero-order valence-electron chi connectivity index (χ0n) is 10.7. The molecule has 0 aliphatic heterocycles. The molecular weight excluding hydrogens is 327 g/mol. The first-order valence-corrected chi connectivity index (χ1v) is 6.89. The summed E-state index contributed by atoms with van der Waals surface area (Å²) in [6.45, 7) is 5.09. The van der Waals surface area contributed by atoms with E-state index in [1.165, 1.54) is 14.7 Å². The molecule has 0 aliphatic rings. The van der Waals surface area contributed by atoms with Crippen molar-refractivity contribution < 1.29 is 4.74 Å². The van der Waals surface area contributed by atoms with Crippen molar-refractivity contribution in [3.8, 4) is 0 Å². The maximum atomic E-state index is 5.70. The van der Waals surface area contributed by atoms with Gasteiger partial charge < -0.3 is 4.74 Å². The molecule has 0 fully saturated rings. The number of aryl methyl sites for hydroxylation is 1.